The van der Waals surface area contributed by atoms with Crippen LogP contribution in [0.4, 0.5) is 0 Å². The van der Waals surface area contributed by atoms with E-state index in [1.165, 1.54) is 0 Å². The minimum atomic E-state index is -0.615. The Morgan fingerprint density at radius 3 is 2.70 bits per heavy atom. The molecule has 4 rings (SSSR count). The summed E-state index contributed by atoms with van der Waals surface area (Å²) in [7, 11) is 0. The average Bonchev–Trinajstić information content (AvgIpc) is 3.14. The predicted octanol–water partition coefficient (Wildman–Crippen LogP) is 4.49. The van der Waals surface area contributed by atoms with Gasteiger partial charge in [0, 0.05) is 24.6 Å². The van der Waals surface area contributed by atoms with Crippen LogP contribution in [0.15, 0.2) is 54.6 Å². The lowest BCUT2D eigenvalue weighted by Gasteiger charge is -2.40. The molecule has 2 aromatic rings. The van der Waals surface area contributed by atoms with E-state index in [9.17, 15) is 9.90 Å². The summed E-state index contributed by atoms with van der Waals surface area (Å²) in [5.41, 5.74) is 0.0260. The van der Waals surface area contributed by atoms with Crippen LogP contribution >= 0.6 is 0 Å². The molecule has 142 valence electrons. The van der Waals surface area contributed by atoms with E-state index in [1.807, 2.05) is 59.5 Å². The summed E-state index contributed by atoms with van der Waals surface area (Å²) in [6.07, 6.45) is 3.77. The van der Waals surface area contributed by atoms with Crippen LogP contribution in [0, 0.1) is 11.8 Å². The Bertz CT molecular complexity index is 806. The first-order valence-corrected chi connectivity index (χ1v) is 9.94. The van der Waals surface area contributed by atoms with E-state index in [1.54, 1.807) is 0 Å². The Labute approximate surface area is 160 Å². The van der Waals surface area contributed by atoms with Crippen molar-refractivity contribution < 1.29 is 14.6 Å². The summed E-state index contributed by atoms with van der Waals surface area (Å²) in [5, 5.41) is 11.0. The van der Waals surface area contributed by atoms with Gasteiger partial charge in [-0.2, -0.15) is 0 Å². The van der Waals surface area contributed by atoms with E-state index in [0.29, 0.717) is 23.8 Å². The van der Waals surface area contributed by atoms with Crippen LogP contribution in [0.3, 0.4) is 0 Å². The molecule has 2 fully saturated rings. The third kappa shape index (κ3) is 3.59. The van der Waals surface area contributed by atoms with Gasteiger partial charge in [0.2, 0.25) is 0 Å². The smallest absolute Gasteiger partial charge is 0.254 e. The van der Waals surface area contributed by atoms with Gasteiger partial charge in [0.05, 0.1) is 5.60 Å². The van der Waals surface area contributed by atoms with Gasteiger partial charge in [-0.25, -0.2) is 0 Å². The summed E-state index contributed by atoms with van der Waals surface area (Å²) in [4.78, 5) is 15.0. The maximum absolute atomic E-state index is 13.1. The number of carbonyl (C=O) groups excluding carboxylic acids is 1. The van der Waals surface area contributed by atoms with E-state index in [2.05, 4.69) is 6.92 Å². The second-order valence-corrected chi connectivity index (χ2v) is 7.87. The molecule has 1 aliphatic heterocycles. The van der Waals surface area contributed by atoms with Gasteiger partial charge in [-0.05, 0) is 55.5 Å². The molecule has 27 heavy (non-hydrogen) atoms. The molecule has 0 spiro atoms. The molecular weight excluding hydrogens is 338 g/mol. The Hall–Kier alpha value is -2.33. The molecule has 0 aromatic heterocycles. The monoisotopic (exact) mass is 365 g/mol. The van der Waals surface area contributed by atoms with E-state index >= 15 is 0 Å². The molecule has 4 heteroatoms. The highest BCUT2D eigenvalue weighted by Gasteiger charge is 2.48. The second kappa shape index (κ2) is 7.35. The third-order valence-electron chi connectivity index (χ3n) is 6.28. The molecule has 1 saturated heterocycles. The molecule has 2 aliphatic rings. The molecule has 1 heterocycles. The normalized spacial score (nSPS) is 27.3. The van der Waals surface area contributed by atoms with Crippen molar-refractivity contribution in [3.8, 4) is 11.5 Å². The molecule has 0 radical (unpaired) electrons. The number of para-hydroxylation sites is 1. The fourth-order valence-corrected chi connectivity index (χ4v) is 4.73. The summed E-state index contributed by atoms with van der Waals surface area (Å²) >= 11 is 0. The number of rotatable bonds is 4. The number of amides is 1. The Morgan fingerprint density at radius 2 is 1.93 bits per heavy atom. The van der Waals surface area contributed by atoms with Gasteiger partial charge in [0.15, 0.2) is 0 Å². The van der Waals surface area contributed by atoms with Crippen molar-refractivity contribution in [3.63, 3.8) is 0 Å². The lowest BCUT2D eigenvalue weighted by atomic mass is 9.69. The zero-order chi connectivity index (χ0) is 18.9. The number of likely N-dealkylation sites (tertiary alicyclic amines) is 1. The highest BCUT2D eigenvalue weighted by atomic mass is 16.5. The van der Waals surface area contributed by atoms with Crippen LogP contribution in [0.2, 0.25) is 0 Å². The zero-order valence-corrected chi connectivity index (χ0v) is 15.8. The summed E-state index contributed by atoms with van der Waals surface area (Å²) in [6, 6.07) is 16.9. The predicted molar refractivity (Wildman–Crippen MR) is 105 cm³/mol. The molecule has 1 amide bonds. The highest BCUT2D eigenvalue weighted by molar-refractivity contribution is 5.94. The van der Waals surface area contributed by atoms with Gasteiger partial charge in [-0.3, -0.25) is 4.79 Å². The molecular formula is C23H27NO3. The SMILES string of the molecule is CC[C@@]1(O)CCC[C@@H]2CN(C(=O)c3cccc(Oc4ccccc4)c3)C[C@@H]21. The molecule has 1 N–H and O–H groups in total. The number of carbonyl (C=O) groups is 1. The first-order valence-electron chi connectivity index (χ1n) is 9.94. The van der Waals surface area contributed by atoms with Gasteiger partial charge in [-0.15, -0.1) is 0 Å². The van der Waals surface area contributed by atoms with Gasteiger partial charge >= 0.3 is 0 Å². The van der Waals surface area contributed by atoms with E-state index in [-0.39, 0.29) is 11.8 Å². The van der Waals surface area contributed by atoms with Crippen LogP contribution in [0.5, 0.6) is 11.5 Å². The van der Waals surface area contributed by atoms with Crippen LogP contribution in [-0.4, -0.2) is 34.6 Å². The molecule has 0 bridgehead atoms. The standard InChI is InChI=1S/C23H27NO3/c1-2-23(26)13-7-9-18-15-24(16-21(18)23)22(25)17-8-6-12-20(14-17)27-19-10-4-3-5-11-19/h3-6,8,10-12,14,18,21,26H,2,7,9,13,15-16H2,1H3/t18-,21+,23-/m1/s1. The summed E-state index contributed by atoms with van der Waals surface area (Å²) in [6.45, 7) is 3.45. The van der Waals surface area contributed by atoms with E-state index in [0.717, 1.165) is 38.0 Å². The Kier molecular flexibility index (Phi) is 4.92. The first kappa shape index (κ1) is 18.1. The zero-order valence-electron chi connectivity index (χ0n) is 15.8. The number of ether oxygens (including phenoxy) is 1. The Balaban J connectivity index is 1.49. The average molecular weight is 365 g/mol. The highest BCUT2D eigenvalue weighted by Crippen LogP contribution is 2.44. The van der Waals surface area contributed by atoms with Crippen molar-refractivity contribution >= 4 is 5.91 Å². The fraction of sp³-hybridized carbons (Fsp3) is 0.435. The van der Waals surface area contributed by atoms with Crippen LogP contribution in [-0.2, 0) is 0 Å². The van der Waals surface area contributed by atoms with Crippen molar-refractivity contribution in [1.82, 2.24) is 4.90 Å². The molecule has 2 aromatic carbocycles. The van der Waals surface area contributed by atoms with Gasteiger partial charge < -0.3 is 14.7 Å². The number of aliphatic hydroxyl groups is 1. The minimum absolute atomic E-state index is 0.0290. The van der Waals surface area contributed by atoms with Crippen molar-refractivity contribution in [2.75, 3.05) is 13.1 Å². The lowest BCUT2D eigenvalue weighted by Crippen LogP contribution is -2.44. The van der Waals surface area contributed by atoms with Crippen molar-refractivity contribution in [1.29, 1.82) is 0 Å². The molecule has 0 unspecified atom stereocenters. The van der Waals surface area contributed by atoms with Crippen LogP contribution in [0.25, 0.3) is 0 Å². The van der Waals surface area contributed by atoms with E-state index in [4.69, 9.17) is 4.74 Å². The van der Waals surface area contributed by atoms with Gasteiger partial charge in [-0.1, -0.05) is 37.6 Å². The quantitative estimate of drug-likeness (QED) is 0.868. The molecule has 3 atom stereocenters. The van der Waals surface area contributed by atoms with Crippen LogP contribution < -0.4 is 4.74 Å². The van der Waals surface area contributed by atoms with E-state index < -0.39 is 5.60 Å². The van der Waals surface area contributed by atoms with Gasteiger partial charge in [0.25, 0.3) is 5.91 Å². The molecule has 1 saturated carbocycles. The number of hydrogen-bond donors (Lipinski definition) is 1. The number of hydrogen-bond acceptors (Lipinski definition) is 3. The number of fused-ring (bicyclic) bond motifs is 1. The second-order valence-electron chi connectivity index (χ2n) is 7.87. The topological polar surface area (TPSA) is 49.8 Å². The van der Waals surface area contributed by atoms with Crippen molar-refractivity contribution in [3.05, 3.63) is 60.2 Å². The van der Waals surface area contributed by atoms with Crippen molar-refractivity contribution in [2.45, 2.75) is 38.2 Å². The maximum atomic E-state index is 13.1. The largest absolute Gasteiger partial charge is 0.457 e. The number of benzene rings is 2. The molecule has 1 aliphatic carbocycles. The third-order valence-corrected chi connectivity index (χ3v) is 6.28. The number of nitrogens with zero attached hydrogens (tertiary/aromatic N) is 1. The maximum Gasteiger partial charge on any atom is 0.254 e. The summed E-state index contributed by atoms with van der Waals surface area (Å²) < 4.78 is 5.87. The van der Waals surface area contributed by atoms with Gasteiger partial charge in [0.1, 0.15) is 11.5 Å². The van der Waals surface area contributed by atoms with Crippen molar-refractivity contribution in [2.24, 2.45) is 11.8 Å². The lowest BCUT2D eigenvalue weighted by molar-refractivity contribution is -0.0609. The summed E-state index contributed by atoms with van der Waals surface area (Å²) in [5.74, 6) is 2.05. The first-order chi connectivity index (χ1) is 13.1. The minimum Gasteiger partial charge on any atom is -0.457 e. The fourth-order valence-electron chi connectivity index (χ4n) is 4.73. The Morgan fingerprint density at radius 1 is 1.15 bits per heavy atom. The van der Waals surface area contributed by atoms with Crippen LogP contribution in [0.1, 0.15) is 43.0 Å². The molecule has 4 nitrogen and oxygen atoms in total.